The Balaban J connectivity index is 2.58. The quantitative estimate of drug-likeness (QED) is 0.656. The van der Waals surface area contributed by atoms with Crippen LogP contribution < -0.4 is 10.2 Å². The van der Waals surface area contributed by atoms with Crippen LogP contribution in [0, 0.1) is 11.6 Å². The molecule has 23 heavy (non-hydrogen) atoms. The summed E-state index contributed by atoms with van der Waals surface area (Å²) in [4.78, 5) is 12.5. The van der Waals surface area contributed by atoms with Gasteiger partial charge in [0.2, 0.25) is 0 Å². The molecule has 2 atom stereocenters. The third kappa shape index (κ3) is 3.13. The number of benzene rings is 1. The molecule has 2 rings (SSSR count). The summed E-state index contributed by atoms with van der Waals surface area (Å²) < 4.78 is 28.9. The summed E-state index contributed by atoms with van der Waals surface area (Å²) in [5.41, 5.74) is -0.981. The molecule has 0 fully saturated rings. The van der Waals surface area contributed by atoms with Gasteiger partial charge >= 0.3 is 5.97 Å². The zero-order valence-electron chi connectivity index (χ0n) is 12.7. The van der Waals surface area contributed by atoms with Crippen LogP contribution in [0.5, 0.6) is 0 Å². The Kier molecular flexibility index (Phi) is 4.86. The Bertz CT molecular complexity index is 661. The van der Waals surface area contributed by atoms with Crippen molar-refractivity contribution >= 4 is 17.3 Å². The smallest absolute Gasteiger partial charge is 0.352 e. The molecule has 0 saturated heterocycles. The number of carboxylic acid groups (broad SMARTS) is 1. The van der Waals surface area contributed by atoms with E-state index in [4.69, 9.17) is 0 Å². The van der Waals surface area contributed by atoms with E-state index in [1.165, 1.54) is 6.92 Å². The number of nitrogens with one attached hydrogen (secondary N) is 1. The number of nitrogens with zero attached hydrogens (tertiary/aromatic N) is 1. The fourth-order valence-electron chi connectivity index (χ4n) is 2.50. The average Bonchev–Trinajstić information content (AvgIpc) is 2.47. The van der Waals surface area contributed by atoms with Crippen molar-refractivity contribution in [2.45, 2.75) is 26.1 Å². The van der Waals surface area contributed by atoms with E-state index in [-0.39, 0.29) is 30.0 Å². The summed E-state index contributed by atoms with van der Waals surface area (Å²) in [5.74, 6) is -3.25. The van der Waals surface area contributed by atoms with E-state index in [2.05, 4.69) is 5.32 Å². The highest BCUT2D eigenvalue weighted by molar-refractivity contribution is 5.93. The predicted octanol–water partition coefficient (Wildman–Crippen LogP) is 1.60. The lowest BCUT2D eigenvalue weighted by molar-refractivity contribution is -0.132. The first kappa shape index (κ1) is 17.2. The van der Waals surface area contributed by atoms with E-state index in [9.17, 15) is 28.9 Å². The van der Waals surface area contributed by atoms with Crippen molar-refractivity contribution in [3.05, 3.63) is 35.0 Å². The van der Waals surface area contributed by atoms with E-state index in [1.807, 2.05) is 0 Å². The number of carboxylic acids is 1. The molecule has 2 unspecified atom stereocenters. The van der Waals surface area contributed by atoms with Crippen LogP contribution in [0.2, 0.25) is 0 Å². The number of carbonyl (C=O) groups is 1. The van der Waals surface area contributed by atoms with Gasteiger partial charge in [-0.3, -0.25) is 0 Å². The van der Waals surface area contributed by atoms with E-state index in [0.717, 1.165) is 17.0 Å². The number of fused-ring (bicyclic) bond motifs is 1. The number of rotatable bonds is 5. The Morgan fingerprint density at radius 3 is 2.65 bits per heavy atom. The van der Waals surface area contributed by atoms with Crippen LogP contribution in [-0.2, 0) is 4.79 Å². The fourth-order valence-corrected chi connectivity index (χ4v) is 2.50. The number of aliphatic hydroxyl groups excluding tert-OH is 2. The minimum Gasteiger partial charge on any atom is -0.477 e. The summed E-state index contributed by atoms with van der Waals surface area (Å²) in [7, 11) is 0. The van der Waals surface area contributed by atoms with Crippen LogP contribution in [-0.4, -0.2) is 40.5 Å². The van der Waals surface area contributed by atoms with Crippen LogP contribution in [0.4, 0.5) is 20.2 Å². The number of aliphatic hydroxyl groups is 2. The SMILES string of the molecule is CCN1C(C(=O)O)=CC(O)c2cc(F)c(NCC(C)O)c(F)c21. The summed E-state index contributed by atoms with van der Waals surface area (Å²) in [6.45, 7) is 3.11. The van der Waals surface area contributed by atoms with Crippen molar-refractivity contribution in [3.8, 4) is 0 Å². The second kappa shape index (κ2) is 6.51. The molecule has 6 nitrogen and oxygen atoms in total. The summed E-state index contributed by atoms with van der Waals surface area (Å²) in [5, 5.41) is 30.9. The first-order valence-electron chi connectivity index (χ1n) is 7.12. The van der Waals surface area contributed by atoms with Crippen LogP contribution in [0.25, 0.3) is 0 Å². The summed E-state index contributed by atoms with van der Waals surface area (Å²) in [6, 6.07) is 0.964. The maximum atomic E-state index is 14.8. The topological polar surface area (TPSA) is 93.0 Å². The van der Waals surface area contributed by atoms with E-state index in [0.29, 0.717) is 0 Å². The number of hydrogen-bond acceptors (Lipinski definition) is 5. The van der Waals surface area contributed by atoms with E-state index in [1.54, 1.807) is 6.92 Å². The average molecular weight is 328 g/mol. The maximum Gasteiger partial charge on any atom is 0.352 e. The van der Waals surface area contributed by atoms with Gasteiger partial charge in [0.25, 0.3) is 0 Å². The molecule has 0 aromatic heterocycles. The molecule has 1 aliphatic rings. The second-order valence-electron chi connectivity index (χ2n) is 5.26. The van der Waals surface area contributed by atoms with Gasteiger partial charge in [0, 0.05) is 18.7 Å². The number of hydrogen-bond donors (Lipinski definition) is 4. The van der Waals surface area contributed by atoms with Crippen molar-refractivity contribution in [3.63, 3.8) is 0 Å². The lowest BCUT2D eigenvalue weighted by Gasteiger charge is -2.32. The first-order valence-corrected chi connectivity index (χ1v) is 7.12. The molecule has 1 heterocycles. The molecule has 0 spiro atoms. The summed E-state index contributed by atoms with van der Waals surface area (Å²) in [6.07, 6.45) is -1.21. The third-order valence-electron chi connectivity index (χ3n) is 3.53. The van der Waals surface area contributed by atoms with Gasteiger partial charge < -0.3 is 25.5 Å². The number of likely N-dealkylation sites (N-methyl/N-ethyl adjacent to an activating group) is 1. The predicted molar refractivity (Wildman–Crippen MR) is 80.2 cm³/mol. The van der Waals surface area contributed by atoms with Gasteiger partial charge in [-0.05, 0) is 26.0 Å². The zero-order chi connectivity index (χ0) is 17.3. The van der Waals surface area contributed by atoms with E-state index < -0.39 is 35.5 Å². The van der Waals surface area contributed by atoms with Crippen molar-refractivity contribution in [2.24, 2.45) is 0 Å². The van der Waals surface area contributed by atoms with Crippen LogP contribution in [0.1, 0.15) is 25.5 Å². The monoisotopic (exact) mass is 328 g/mol. The lowest BCUT2D eigenvalue weighted by atomic mass is 9.98. The number of aliphatic carboxylic acids is 1. The lowest BCUT2D eigenvalue weighted by Crippen LogP contribution is -2.33. The van der Waals surface area contributed by atoms with Gasteiger partial charge in [0.1, 0.15) is 23.3 Å². The molecule has 0 aliphatic carbocycles. The molecule has 4 N–H and O–H groups in total. The molecule has 0 bridgehead atoms. The normalized spacial score (nSPS) is 18.3. The van der Waals surface area contributed by atoms with E-state index >= 15 is 0 Å². The molecule has 126 valence electrons. The van der Waals surface area contributed by atoms with Crippen LogP contribution in [0.3, 0.4) is 0 Å². The van der Waals surface area contributed by atoms with Crippen LogP contribution >= 0.6 is 0 Å². The van der Waals surface area contributed by atoms with Gasteiger partial charge in [-0.2, -0.15) is 0 Å². The highest BCUT2D eigenvalue weighted by atomic mass is 19.1. The van der Waals surface area contributed by atoms with Crippen molar-refractivity contribution in [1.29, 1.82) is 0 Å². The fraction of sp³-hybridized carbons (Fsp3) is 0.400. The second-order valence-corrected chi connectivity index (χ2v) is 5.26. The van der Waals surface area contributed by atoms with Crippen molar-refractivity contribution in [1.82, 2.24) is 0 Å². The Labute approximate surface area is 131 Å². The molecular formula is C15H18F2N2O4. The zero-order valence-corrected chi connectivity index (χ0v) is 12.7. The largest absolute Gasteiger partial charge is 0.477 e. The number of anilines is 2. The standard InChI is InChI=1S/C15H18F2N2O4/c1-3-19-10(15(22)23)5-11(21)8-4-9(16)13(12(17)14(8)19)18-6-7(2)20/h4-5,7,11,18,20-21H,3,6H2,1-2H3,(H,22,23). The molecule has 0 amide bonds. The Morgan fingerprint density at radius 1 is 1.48 bits per heavy atom. The van der Waals surface area contributed by atoms with Gasteiger partial charge in [-0.15, -0.1) is 0 Å². The minimum absolute atomic E-state index is 0.0468. The van der Waals surface area contributed by atoms with Crippen molar-refractivity contribution in [2.75, 3.05) is 23.3 Å². The molecule has 1 aliphatic heterocycles. The first-order chi connectivity index (χ1) is 10.8. The van der Waals surface area contributed by atoms with Crippen LogP contribution in [0.15, 0.2) is 17.8 Å². The molecule has 8 heteroatoms. The number of halogens is 2. The van der Waals surface area contributed by atoms with Gasteiger partial charge in [-0.25, -0.2) is 13.6 Å². The Morgan fingerprint density at radius 2 is 2.13 bits per heavy atom. The molecule has 1 aromatic rings. The molecule has 0 saturated carbocycles. The molecule has 1 aromatic carbocycles. The van der Waals surface area contributed by atoms with Crippen molar-refractivity contribution < 1.29 is 28.9 Å². The van der Waals surface area contributed by atoms with Gasteiger partial charge in [0.15, 0.2) is 5.82 Å². The highest BCUT2D eigenvalue weighted by Crippen LogP contribution is 2.41. The maximum absolute atomic E-state index is 14.8. The summed E-state index contributed by atoms with van der Waals surface area (Å²) >= 11 is 0. The molecular weight excluding hydrogens is 310 g/mol. The Hall–Kier alpha value is -2.19. The molecule has 0 radical (unpaired) electrons. The highest BCUT2D eigenvalue weighted by Gasteiger charge is 2.33. The van der Waals surface area contributed by atoms with Gasteiger partial charge in [-0.1, -0.05) is 0 Å². The minimum atomic E-state index is -1.42. The van der Waals surface area contributed by atoms with Gasteiger partial charge in [0.05, 0.1) is 11.8 Å². The third-order valence-corrected chi connectivity index (χ3v) is 3.53.